The molecule has 1 aromatic rings. The highest BCUT2D eigenvalue weighted by Crippen LogP contribution is 2.24. The summed E-state index contributed by atoms with van der Waals surface area (Å²) >= 11 is 5.73. The van der Waals surface area contributed by atoms with Gasteiger partial charge in [-0.05, 0) is 17.7 Å². The van der Waals surface area contributed by atoms with E-state index in [1.54, 1.807) is 24.3 Å². The molecule has 4 nitrogen and oxygen atoms in total. The molecular formula is C10H8ClNO3. The Morgan fingerprint density at radius 2 is 2.13 bits per heavy atom. The van der Waals surface area contributed by atoms with E-state index in [-0.39, 0.29) is 12.0 Å². The molecule has 0 radical (unpaired) electrons. The van der Waals surface area contributed by atoms with Crippen molar-refractivity contribution in [2.24, 2.45) is 4.99 Å². The highest BCUT2D eigenvalue weighted by atomic mass is 35.5. The molecule has 2 rings (SSSR count). The Morgan fingerprint density at radius 1 is 1.47 bits per heavy atom. The van der Waals surface area contributed by atoms with Crippen LogP contribution in [0.3, 0.4) is 0 Å². The molecule has 1 atom stereocenters. The van der Waals surface area contributed by atoms with Crippen molar-refractivity contribution in [3.8, 4) is 0 Å². The zero-order valence-corrected chi connectivity index (χ0v) is 8.44. The summed E-state index contributed by atoms with van der Waals surface area (Å²) in [6.07, 6.45) is -0.312. The van der Waals surface area contributed by atoms with Gasteiger partial charge in [-0.15, -0.1) is 0 Å². The van der Waals surface area contributed by atoms with Crippen LogP contribution in [0.5, 0.6) is 0 Å². The lowest BCUT2D eigenvalue weighted by Gasteiger charge is -2.09. The topological polar surface area (TPSA) is 58.9 Å². The highest BCUT2D eigenvalue weighted by Gasteiger charge is 2.25. The lowest BCUT2D eigenvalue weighted by Crippen LogP contribution is -2.14. The summed E-state index contributed by atoms with van der Waals surface area (Å²) in [7, 11) is 0. The molecule has 1 aliphatic rings. The standard InChI is InChI=1S/C10H8ClNO3/c11-7-3-1-6(2-4-7)8-5-12-9(15-8)10(13)14/h1-4,8H,5H2,(H,13,14). The number of halogens is 1. The normalized spacial score (nSPS) is 19.5. The maximum absolute atomic E-state index is 10.6. The smallest absolute Gasteiger partial charge is 0.391 e. The van der Waals surface area contributed by atoms with Gasteiger partial charge in [0.1, 0.15) is 6.10 Å². The van der Waals surface area contributed by atoms with Crippen LogP contribution in [0.4, 0.5) is 0 Å². The number of rotatable bonds is 2. The van der Waals surface area contributed by atoms with E-state index in [1.807, 2.05) is 0 Å². The largest absolute Gasteiger partial charge is 0.474 e. The third-order valence-corrected chi connectivity index (χ3v) is 2.33. The first-order valence-corrected chi connectivity index (χ1v) is 4.74. The van der Waals surface area contributed by atoms with E-state index in [0.29, 0.717) is 11.6 Å². The van der Waals surface area contributed by atoms with Crippen LogP contribution in [0.25, 0.3) is 0 Å². The third-order valence-electron chi connectivity index (χ3n) is 2.08. The van der Waals surface area contributed by atoms with Crippen LogP contribution in [0.1, 0.15) is 11.7 Å². The Kier molecular flexibility index (Phi) is 2.60. The molecule has 0 saturated carbocycles. The summed E-state index contributed by atoms with van der Waals surface area (Å²) in [5, 5.41) is 9.28. The van der Waals surface area contributed by atoms with E-state index in [0.717, 1.165) is 5.56 Å². The van der Waals surface area contributed by atoms with Crippen molar-refractivity contribution in [3.63, 3.8) is 0 Å². The maximum atomic E-state index is 10.6. The second kappa shape index (κ2) is 3.90. The van der Waals surface area contributed by atoms with E-state index in [2.05, 4.69) is 4.99 Å². The van der Waals surface area contributed by atoms with Gasteiger partial charge in [-0.25, -0.2) is 9.79 Å². The summed E-state index contributed by atoms with van der Waals surface area (Å²) in [6.45, 7) is 0.337. The molecule has 1 N–H and O–H groups in total. The van der Waals surface area contributed by atoms with Gasteiger partial charge in [0.2, 0.25) is 0 Å². The Bertz CT molecular complexity index is 413. The van der Waals surface area contributed by atoms with E-state index in [1.165, 1.54) is 0 Å². The van der Waals surface area contributed by atoms with E-state index in [4.69, 9.17) is 21.4 Å². The number of aliphatic imine (C=N–C) groups is 1. The second-order valence-electron chi connectivity index (χ2n) is 3.11. The first-order chi connectivity index (χ1) is 7.16. The molecule has 0 spiro atoms. The van der Waals surface area contributed by atoms with Crippen LogP contribution in [0.15, 0.2) is 29.3 Å². The molecule has 5 heteroatoms. The summed E-state index contributed by atoms with van der Waals surface area (Å²) in [4.78, 5) is 14.3. The van der Waals surface area contributed by atoms with E-state index >= 15 is 0 Å². The fourth-order valence-electron chi connectivity index (χ4n) is 1.34. The van der Waals surface area contributed by atoms with Crippen molar-refractivity contribution in [2.75, 3.05) is 6.54 Å². The predicted octanol–water partition coefficient (Wildman–Crippen LogP) is 1.89. The van der Waals surface area contributed by atoms with Crippen LogP contribution in [-0.4, -0.2) is 23.5 Å². The Labute approximate surface area is 91.2 Å². The number of carbonyl (C=O) groups is 1. The molecule has 0 fully saturated rings. The van der Waals surface area contributed by atoms with Crippen molar-refractivity contribution in [3.05, 3.63) is 34.9 Å². The zero-order chi connectivity index (χ0) is 10.8. The van der Waals surface area contributed by atoms with Gasteiger partial charge in [-0.1, -0.05) is 23.7 Å². The molecule has 15 heavy (non-hydrogen) atoms. The van der Waals surface area contributed by atoms with Crippen molar-refractivity contribution < 1.29 is 14.6 Å². The summed E-state index contributed by atoms with van der Waals surface area (Å²) < 4.78 is 5.16. The molecular weight excluding hydrogens is 218 g/mol. The first kappa shape index (κ1) is 9.98. The van der Waals surface area contributed by atoms with E-state index in [9.17, 15) is 4.79 Å². The lowest BCUT2D eigenvalue weighted by molar-refractivity contribution is -0.131. The maximum Gasteiger partial charge on any atom is 0.391 e. The fraction of sp³-hybridized carbons (Fsp3) is 0.200. The quantitative estimate of drug-likeness (QED) is 0.836. The third kappa shape index (κ3) is 2.10. The molecule has 1 heterocycles. The number of hydrogen-bond donors (Lipinski definition) is 1. The molecule has 0 aliphatic carbocycles. The van der Waals surface area contributed by atoms with Gasteiger partial charge in [0.05, 0.1) is 6.54 Å². The van der Waals surface area contributed by atoms with Crippen LogP contribution < -0.4 is 0 Å². The molecule has 1 aliphatic heterocycles. The Hall–Kier alpha value is -1.55. The Morgan fingerprint density at radius 3 is 2.67 bits per heavy atom. The molecule has 0 bridgehead atoms. The monoisotopic (exact) mass is 225 g/mol. The fourth-order valence-corrected chi connectivity index (χ4v) is 1.47. The number of hydrogen-bond acceptors (Lipinski definition) is 3. The molecule has 78 valence electrons. The van der Waals surface area contributed by atoms with Crippen molar-refractivity contribution >= 4 is 23.5 Å². The van der Waals surface area contributed by atoms with Gasteiger partial charge in [0, 0.05) is 5.02 Å². The summed E-state index contributed by atoms with van der Waals surface area (Å²) in [6, 6.07) is 7.07. The minimum absolute atomic E-state index is 0.227. The van der Waals surface area contributed by atoms with E-state index < -0.39 is 5.97 Å². The molecule has 0 saturated heterocycles. The average Bonchev–Trinajstić information content (AvgIpc) is 2.68. The minimum Gasteiger partial charge on any atom is -0.474 e. The zero-order valence-electron chi connectivity index (χ0n) is 7.68. The number of ether oxygens (including phenoxy) is 1. The van der Waals surface area contributed by atoms with Gasteiger partial charge in [0.25, 0.3) is 5.90 Å². The van der Waals surface area contributed by atoms with Gasteiger partial charge in [0.15, 0.2) is 0 Å². The Balaban J connectivity index is 2.10. The highest BCUT2D eigenvalue weighted by molar-refractivity contribution is 6.32. The van der Waals surface area contributed by atoms with Crippen molar-refractivity contribution in [1.29, 1.82) is 0 Å². The van der Waals surface area contributed by atoms with Crippen molar-refractivity contribution in [1.82, 2.24) is 0 Å². The summed E-state index contributed by atoms with van der Waals surface area (Å²) in [5.41, 5.74) is 0.874. The van der Waals surface area contributed by atoms with Crippen LogP contribution >= 0.6 is 11.6 Å². The lowest BCUT2D eigenvalue weighted by atomic mass is 10.1. The van der Waals surface area contributed by atoms with Gasteiger partial charge < -0.3 is 9.84 Å². The van der Waals surface area contributed by atoms with Crippen LogP contribution in [0, 0.1) is 0 Å². The minimum atomic E-state index is -1.13. The van der Waals surface area contributed by atoms with Gasteiger partial charge in [-0.2, -0.15) is 0 Å². The van der Waals surface area contributed by atoms with Crippen molar-refractivity contribution in [2.45, 2.75) is 6.10 Å². The average molecular weight is 226 g/mol. The summed E-state index contributed by atoms with van der Waals surface area (Å²) in [5.74, 6) is -1.36. The number of carboxylic acids is 1. The SMILES string of the molecule is O=C(O)C1=NCC(c2ccc(Cl)cc2)O1. The first-order valence-electron chi connectivity index (χ1n) is 4.36. The number of nitrogens with zero attached hydrogens (tertiary/aromatic N) is 1. The second-order valence-corrected chi connectivity index (χ2v) is 3.55. The number of aliphatic carboxylic acids is 1. The molecule has 1 unspecified atom stereocenters. The number of benzene rings is 1. The molecule has 0 aromatic heterocycles. The predicted molar refractivity (Wildman–Crippen MR) is 55.2 cm³/mol. The molecule has 0 amide bonds. The van der Waals surface area contributed by atoms with Crippen LogP contribution in [-0.2, 0) is 9.53 Å². The molecule has 1 aromatic carbocycles. The van der Waals surface area contributed by atoms with Crippen LogP contribution in [0.2, 0.25) is 5.02 Å². The van der Waals surface area contributed by atoms with Gasteiger partial charge in [-0.3, -0.25) is 0 Å². The van der Waals surface area contributed by atoms with Gasteiger partial charge >= 0.3 is 5.97 Å². The number of carboxylic acid groups (broad SMARTS) is 1.